The Morgan fingerprint density at radius 2 is 2.00 bits per heavy atom. The number of anilines is 2. The van der Waals surface area contributed by atoms with E-state index < -0.39 is 5.60 Å². The standard InChI is InChI=1S/C21H24N2O4/c1-4-26-19-8-6-5-7-17(19)23-20(24)22-16-9-10-18-15(13-16)11-12-21(2,27-18)14-25-3/h5-13H,4,14H2,1-3H3,(H2,22,23,24). The summed E-state index contributed by atoms with van der Waals surface area (Å²) in [6, 6.07) is 12.5. The molecule has 0 fully saturated rings. The molecule has 2 aromatic rings. The lowest BCUT2D eigenvalue weighted by Gasteiger charge is -2.31. The van der Waals surface area contributed by atoms with E-state index in [9.17, 15) is 4.79 Å². The fraction of sp³-hybridized carbons (Fsp3) is 0.286. The number of hydrogen-bond acceptors (Lipinski definition) is 4. The van der Waals surface area contributed by atoms with Crippen LogP contribution < -0.4 is 20.1 Å². The van der Waals surface area contributed by atoms with Gasteiger partial charge >= 0.3 is 6.03 Å². The number of ether oxygens (including phenoxy) is 3. The van der Waals surface area contributed by atoms with Crippen molar-refractivity contribution in [3.05, 3.63) is 54.1 Å². The number of rotatable bonds is 6. The molecule has 2 amide bonds. The third-order valence-corrected chi connectivity index (χ3v) is 4.09. The van der Waals surface area contributed by atoms with Crippen molar-refractivity contribution in [2.75, 3.05) is 31.0 Å². The van der Waals surface area contributed by atoms with Gasteiger partial charge in [-0.15, -0.1) is 0 Å². The van der Waals surface area contributed by atoms with Crippen molar-refractivity contribution < 1.29 is 19.0 Å². The van der Waals surface area contributed by atoms with Gasteiger partial charge in [-0.05, 0) is 50.3 Å². The first kappa shape index (κ1) is 18.8. The third-order valence-electron chi connectivity index (χ3n) is 4.09. The maximum Gasteiger partial charge on any atom is 0.323 e. The molecule has 1 aliphatic heterocycles. The van der Waals surface area contributed by atoms with Gasteiger partial charge in [0.1, 0.15) is 17.1 Å². The molecule has 0 aromatic heterocycles. The Bertz CT molecular complexity index is 850. The van der Waals surface area contributed by atoms with Crippen LogP contribution in [0.15, 0.2) is 48.5 Å². The highest BCUT2D eigenvalue weighted by atomic mass is 16.5. The van der Waals surface area contributed by atoms with Crippen molar-refractivity contribution in [1.29, 1.82) is 0 Å². The number of fused-ring (bicyclic) bond motifs is 1. The Kier molecular flexibility index (Phi) is 5.66. The van der Waals surface area contributed by atoms with Crippen molar-refractivity contribution in [2.24, 2.45) is 0 Å². The van der Waals surface area contributed by atoms with Crippen LogP contribution in [0.5, 0.6) is 11.5 Å². The van der Waals surface area contributed by atoms with Crippen molar-refractivity contribution in [1.82, 2.24) is 0 Å². The van der Waals surface area contributed by atoms with Gasteiger partial charge in [-0.2, -0.15) is 0 Å². The number of urea groups is 1. The second-order valence-corrected chi connectivity index (χ2v) is 6.44. The molecule has 6 heteroatoms. The topological polar surface area (TPSA) is 68.8 Å². The monoisotopic (exact) mass is 368 g/mol. The van der Waals surface area contributed by atoms with E-state index >= 15 is 0 Å². The largest absolute Gasteiger partial charge is 0.492 e. The molecule has 1 heterocycles. The molecule has 0 bridgehead atoms. The van der Waals surface area contributed by atoms with Crippen LogP contribution in [-0.2, 0) is 4.74 Å². The molecule has 3 rings (SSSR count). The highest BCUT2D eigenvalue weighted by molar-refractivity contribution is 6.00. The predicted molar refractivity (Wildman–Crippen MR) is 107 cm³/mol. The Morgan fingerprint density at radius 3 is 2.78 bits per heavy atom. The van der Waals surface area contributed by atoms with Crippen LogP contribution in [0, 0.1) is 0 Å². The molecule has 0 spiro atoms. The second kappa shape index (κ2) is 8.14. The van der Waals surface area contributed by atoms with Crippen LogP contribution >= 0.6 is 0 Å². The van der Waals surface area contributed by atoms with Crippen molar-refractivity contribution in [3.63, 3.8) is 0 Å². The van der Waals surface area contributed by atoms with Gasteiger partial charge in [-0.3, -0.25) is 0 Å². The zero-order valence-electron chi connectivity index (χ0n) is 15.7. The SMILES string of the molecule is CCOc1ccccc1NC(=O)Nc1ccc2c(c1)C=CC(C)(COC)O2. The minimum Gasteiger partial charge on any atom is -0.492 e. The first-order valence-corrected chi connectivity index (χ1v) is 8.84. The number of carbonyl (C=O) groups excluding carboxylic acids is 1. The van der Waals surface area contributed by atoms with Gasteiger partial charge in [0.15, 0.2) is 0 Å². The lowest BCUT2D eigenvalue weighted by molar-refractivity contribution is 0.0378. The quantitative estimate of drug-likeness (QED) is 0.785. The Labute approximate surface area is 159 Å². The van der Waals surface area contributed by atoms with E-state index in [1.807, 2.05) is 56.3 Å². The maximum atomic E-state index is 12.4. The second-order valence-electron chi connectivity index (χ2n) is 6.44. The van der Waals surface area contributed by atoms with Crippen LogP contribution in [0.4, 0.5) is 16.2 Å². The Morgan fingerprint density at radius 1 is 1.19 bits per heavy atom. The molecular formula is C21H24N2O4. The van der Waals surface area contributed by atoms with E-state index in [1.54, 1.807) is 19.2 Å². The van der Waals surface area contributed by atoms with Gasteiger partial charge in [0, 0.05) is 18.4 Å². The number of nitrogens with one attached hydrogen (secondary N) is 2. The van der Waals surface area contributed by atoms with Gasteiger partial charge in [0.2, 0.25) is 0 Å². The minimum absolute atomic E-state index is 0.341. The average molecular weight is 368 g/mol. The minimum atomic E-state index is -0.489. The summed E-state index contributed by atoms with van der Waals surface area (Å²) in [6.07, 6.45) is 3.94. The maximum absolute atomic E-state index is 12.4. The molecule has 0 aliphatic carbocycles. The molecule has 2 aromatic carbocycles. The molecule has 0 saturated carbocycles. The number of carbonyl (C=O) groups is 1. The van der Waals surface area contributed by atoms with Gasteiger partial charge in [0.05, 0.1) is 18.9 Å². The number of amides is 2. The average Bonchev–Trinajstić information content (AvgIpc) is 2.64. The van der Waals surface area contributed by atoms with Crippen LogP contribution in [0.2, 0.25) is 0 Å². The normalized spacial score (nSPS) is 17.6. The summed E-state index contributed by atoms with van der Waals surface area (Å²) in [6.45, 7) is 4.85. The molecule has 0 radical (unpaired) electrons. The summed E-state index contributed by atoms with van der Waals surface area (Å²) < 4.78 is 16.7. The van der Waals surface area contributed by atoms with Gasteiger partial charge < -0.3 is 24.8 Å². The van der Waals surface area contributed by atoms with E-state index in [4.69, 9.17) is 14.2 Å². The van der Waals surface area contributed by atoms with E-state index in [2.05, 4.69) is 10.6 Å². The van der Waals surface area contributed by atoms with Crippen LogP contribution in [0.1, 0.15) is 19.4 Å². The molecule has 0 saturated heterocycles. The van der Waals surface area contributed by atoms with Gasteiger partial charge in [-0.25, -0.2) is 4.79 Å². The van der Waals surface area contributed by atoms with Gasteiger partial charge in [0.25, 0.3) is 0 Å². The summed E-state index contributed by atoms with van der Waals surface area (Å²) >= 11 is 0. The van der Waals surface area contributed by atoms with Crippen molar-refractivity contribution >= 4 is 23.5 Å². The van der Waals surface area contributed by atoms with E-state index in [0.29, 0.717) is 30.3 Å². The summed E-state index contributed by atoms with van der Waals surface area (Å²) in [7, 11) is 1.65. The number of benzene rings is 2. The summed E-state index contributed by atoms with van der Waals surface area (Å²) in [5.41, 5.74) is 1.70. The summed E-state index contributed by atoms with van der Waals surface area (Å²) in [5, 5.41) is 5.65. The van der Waals surface area contributed by atoms with E-state index in [-0.39, 0.29) is 6.03 Å². The third kappa shape index (κ3) is 4.60. The van der Waals surface area contributed by atoms with Crippen molar-refractivity contribution in [2.45, 2.75) is 19.4 Å². The predicted octanol–water partition coefficient (Wildman–Crippen LogP) is 4.54. The first-order valence-electron chi connectivity index (χ1n) is 8.84. The molecule has 1 aliphatic rings. The van der Waals surface area contributed by atoms with Crippen LogP contribution in [0.25, 0.3) is 6.08 Å². The van der Waals surface area contributed by atoms with Crippen LogP contribution in [-0.4, -0.2) is 32.0 Å². The zero-order valence-corrected chi connectivity index (χ0v) is 15.7. The highest BCUT2D eigenvalue weighted by Gasteiger charge is 2.27. The highest BCUT2D eigenvalue weighted by Crippen LogP contribution is 2.33. The Hall–Kier alpha value is -2.99. The zero-order chi connectivity index (χ0) is 19.3. The molecule has 1 atom stereocenters. The smallest absolute Gasteiger partial charge is 0.323 e. The summed E-state index contributed by atoms with van der Waals surface area (Å²) in [4.78, 5) is 12.4. The number of methoxy groups -OCH3 is 1. The fourth-order valence-electron chi connectivity index (χ4n) is 2.90. The number of hydrogen-bond donors (Lipinski definition) is 2. The fourth-order valence-corrected chi connectivity index (χ4v) is 2.90. The van der Waals surface area contributed by atoms with E-state index in [0.717, 1.165) is 11.3 Å². The van der Waals surface area contributed by atoms with E-state index in [1.165, 1.54) is 0 Å². The molecular weight excluding hydrogens is 344 g/mol. The molecule has 6 nitrogen and oxygen atoms in total. The molecule has 142 valence electrons. The molecule has 1 unspecified atom stereocenters. The lowest BCUT2D eigenvalue weighted by Crippen LogP contribution is -2.36. The van der Waals surface area contributed by atoms with Crippen molar-refractivity contribution in [3.8, 4) is 11.5 Å². The molecule has 27 heavy (non-hydrogen) atoms. The lowest BCUT2D eigenvalue weighted by atomic mass is 10.0. The summed E-state index contributed by atoms with van der Waals surface area (Å²) in [5.74, 6) is 1.39. The molecule has 2 N–H and O–H groups in total. The first-order chi connectivity index (χ1) is 13.0. The Balaban J connectivity index is 1.69. The van der Waals surface area contributed by atoms with Gasteiger partial charge in [-0.1, -0.05) is 18.2 Å². The number of para-hydroxylation sites is 2. The van der Waals surface area contributed by atoms with Crippen LogP contribution in [0.3, 0.4) is 0 Å².